The molecule has 1 fully saturated rings. The summed E-state index contributed by atoms with van der Waals surface area (Å²) in [5, 5.41) is 3.36. The van der Waals surface area contributed by atoms with Crippen LogP contribution >= 0.6 is 0 Å². The van der Waals surface area contributed by atoms with E-state index in [0.717, 1.165) is 37.8 Å². The molecule has 0 amide bonds. The molecule has 0 bridgehead atoms. The number of nitrogens with zero attached hydrogens (tertiary/aromatic N) is 3. The maximum absolute atomic E-state index is 5.94. The summed E-state index contributed by atoms with van der Waals surface area (Å²) in [5.74, 6) is 1.83. The van der Waals surface area contributed by atoms with Crippen molar-refractivity contribution >= 4 is 17.6 Å². The van der Waals surface area contributed by atoms with Gasteiger partial charge < -0.3 is 25.4 Å². The second-order valence-corrected chi connectivity index (χ2v) is 6.26. The Morgan fingerprint density at radius 3 is 2.88 bits per heavy atom. The van der Waals surface area contributed by atoms with Crippen LogP contribution in [0.15, 0.2) is 30.3 Å². The molecule has 1 saturated heterocycles. The summed E-state index contributed by atoms with van der Waals surface area (Å²) in [6.07, 6.45) is 0.988. The maximum Gasteiger partial charge on any atom is 0.223 e. The number of hydrogen-bond acceptors (Lipinski definition) is 7. The number of nitrogen functional groups attached to an aromatic ring is 1. The van der Waals surface area contributed by atoms with Crippen molar-refractivity contribution in [2.24, 2.45) is 0 Å². The molecule has 7 nitrogen and oxygen atoms in total. The minimum Gasteiger partial charge on any atom is -0.378 e. The van der Waals surface area contributed by atoms with Gasteiger partial charge in [0.25, 0.3) is 0 Å². The normalized spacial score (nSPS) is 20.2. The van der Waals surface area contributed by atoms with Crippen molar-refractivity contribution in [1.82, 2.24) is 9.97 Å². The fraction of sp³-hybridized carbons (Fsp3) is 0.444. The number of benzene rings is 1. The van der Waals surface area contributed by atoms with Gasteiger partial charge in [-0.15, -0.1) is 0 Å². The van der Waals surface area contributed by atoms with Gasteiger partial charge in [0.15, 0.2) is 0 Å². The first-order valence-corrected chi connectivity index (χ1v) is 8.70. The average molecular weight is 341 g/mol. The van der Waals surface area contributed by atoms with Gasteiger partial charge in [0.1, 0.15) is 11.6 Å². The highest BCUT2D eigenvalue weighted by molar-refractivity contribution is 5.53. The molecular formula is C18H23N5O2. The molecule has 1 atom stereocenters. The van der Waals surface area contributed by atoms with Gasteiger partial charge in [0.2, 0.25) is 5.95 Å². The Morgan fingerprint density at radius 2 is 2.00 bits per heavy atom. The Kier molecular flexibility index (Phi) is 4.67. The lowest BCUT2D eigenvalue weighted by molar-refractivity contribution is 0.0513. The lowest BCUT2D eigenvalue weighted by atomic mass is 9.97. The van der Waals surface area contributed by atoms with Crippen LogP contribution in [-0.4, -0.2) is 49.4 Å². The first kappa shape index (κ1) is 16.1. The van der Waals surface area contributed by atoms with E-state index < -0.39 is 0 Å². The van der Waals surface area contributed by atoms with Crippen molar-refractivity contribution in [1.29, 1.82) is 0 Å². The lowest BCUT2D eigenvalue weighted by Crippen LogP contribution is -2.37. The topological polar surface area (TPSA) is 85.5 Å². The molecule has 2 aliphatic rings. The number of morpholine rings is 1. The second-order valence-electron chi connectivity index (χ2n) is 6.26. The number of aromatic nitrogens is 2. The Hall–Kier alpha value is -2.38. The van der Waals surface area contributed by atoms with Crippen molar-refractivity contribution < 1.29 is 9.47 Å². The monoisotopic (exact) mass is 341 g/mol. The standard InChI is InChI=1S/C18H23N5O2/c19-18-21-16(11-17(22-18)23-6-9-24-10-7-23)20-12-15-14-4-2-1-3-13(14)5-8-25-15/h1-4,11,15H,5-10,12H2,(H3,19,20,21,22). The molecule has 1 aromatic heterocycles. The van der Waals surface area contributed by atoms with E-state index in [2.05, 4.69) is 44.5 Å². The zero-order valence-electron chi connectivity index (χ0n) is 14.1. The molecule has 25 heavy (non-hydrogen) atoms. The Labute approximate surface area is 147 Å². The van der Waals surface area contributed by atoms with Crippen LogP contribution in [0.2, 0.25) is 0 Å². The molecule has 4 rings (SSSR count). The smallest absolute Gasteiger partial charge is 0.223 e. The molecule has 2 aliphatic heterocycles. The van der Waals surface area contributed by atoms with E-state index in [1.807, 2.05) is 6.07 Å². The minimum atomic E-state index is 0.0213. The number of hydrogen-bond donors (Lipinski definition) is 2. The van der Waals surface area contributed by atoms with Crippen LogP contribution in [0.1, 0.15) is 17.2 Å². The van der Waals surface area contributed by atoms with Crippen LogP contribution in [0.25, 0.3) is 0 Å². The van der Waals surface area contributed by atoms with Crippen LogP contribution < -0.4 is 16.0 Å². The minimum absolute atomic E-state index is 0.0213. The predicted octanol–water partition coefficient (Wildman–Crippen LogP) is 1.62. The van der Waals surface area contributed by atoms with E-state index in [1.165, 1.54) is 11.1 Å². The SMILES string of the molecule is Nc1nc(NCC2OCCc3ccccc32)cc(N2CCOCC2)n1. The Balaban J connectivity index is 1.47. The zero-order valence-corrected chi connectivity index (χ0v) is 14.1. The molecule has 132 valence electrons. The van der Waals surface area contributed by atoms with Crippen LogP contribution in [0.3, 0.4) is 0 Å². The average Bonchev–Trinajstić information content (AvgIpc) is 2.66. The van der Waals surface area contributed by atoms with Crippen LogP contribution in [0, 0.1) is 0 Å². The highest BCUT2D eigenvalue weighted by Gasteiger charge is 2.21. The van der Waals surface area contributed by atoms with E-state index in [1.54, 1.807) is 0 Å². The van der Waals surface area contributed by atoms with Crippen molar-refractivity contribution in [3.05, 3.63) is 41.5 Å². The number of fused-ring (bicyclic) bond motifs is 1. The van der Waals surface area contributed by atoms with Gasteiger partial charge in [-0.1, -0.05) is 24.3 Å². The van der Waals surface area contributed by atoms with Crippen LogP contribution in [0.5, 0.6) is 0 Å². The molecule has 0 aliphatic carbocycles. The van der Waals surface area contributed by atoms with Crippen molar-refractivity contribution in [3.63, 3.8) is 0 Å². The number of nitrogens with one attached hydrogen (secondary N) is 1. The molecule has 7 heteroatoms. The summed E-state index contributed by atoms with van der Waals surface area (Å²) in [7, 11) is 0. The molecule has 1 unspecified atom stereocenters. The fourth-order valence-electron chi connectivity index (χ4n) is 3.34. The Morgan fingerprint density at radius 1 is 1.16 bits per heavy atom. The van der Waals surface area contributed by atoms with Gasteiger partial charge in [-0.2, -0.15) is 9.97 Å². The summed E-state index contributed by atoms with van der Waals surface area (Å²) in [4.78, 5) is 10.8. The van der Waals surface area contributed by atoms with E-state index in [-0.39, 0.29) is 12.1 Å². The van der Waals surface area contributed by atoms with Crippen LogP contribution in [0.4, 0.5) is 17.6 Å². The van der Waals surface area contributed by atoms with Gasteiger partial charge in [0, 0.05) is 25.7 Å². The number of anilines is 3. The second kappa shape index (κ2) is 7.25. The first-order chi connectivity index (χ1) is 12.3. The third-order valence-corrected chi connectivity index (χ3v) is 4.63. The van der Waals surface area contributed by atoms with E-state index >= 15 is 0 Å². The molecule has 0 radical (unpaired) electrons. The summed E-state index contributed by atoms with van der Waals surface area (Å²) in [5.41, 5.74) is 8.51. The number of nitrogens with two attached hydrogens (primary N) is 1. The lowest BCUT2D eigenvalue weighted by Gasteiger charge is -2.28. The molecule has 3 heterocycles. The van der Waals surface area contributed by atoms with Gasteiger partial charge in [0.05, 0.1) is 25.9 Å². The highest BCUT2D eigenvalue weighted by atomic mass is 16.5. The summed E-state index contributed by atoms with van der Waals surface area (Å²) in [6.45, 7) is 4.44. The van der Waals surface area contributed by atoms with Gasteiger partial charge in [-0.05, 0) is 17.5 Å². The molecule has 0 spiro atoms. The van der Waals surface area contributed by atoms with Crippen LogP contribution in [-0.2, 0) is 15.9 Å². The fourth-order valence-corrected chi connectivity index (χ4v) is 3.34. The van der Waals surface area contributed by atoms with E-state index in [4.69, 9.17) is 15.2 Å². The molecule has 1 aromatic carbocycles. The summed E-state index contributed by atoms with van der Waals surface area (Å²) in [6, 6.07) is 10.4. The largest absolute Gasteiger partial charge is 0.378 e. The quantitative estimate of drug-likeness (QED) is 0.874. The first-order valence-electron chi connectivity index (χ1n) is 8.70. The van der Waals surface area contributed by atoms with Gasteiger partial charge >= 0.3 is 0 Å². The zero-order chi connectivity index (χ0) is 17.1. The molecular weight excluding hydrogens is 318 g/mol. The predicted molar refractivity (Wildman–Crippen MR) is 96.8 cm³/mol. The molecule has 0 saturated carbocycles. The highest BCUT2D eigenvalue weighted by Crippen LogP contribution is 2.27. The summed E-state index contributed by atoms with van der Waals surface area (Å²) < 4.78 is 11.3. The third kappa shape index (κ3) is 3.67. The third-order valence-electron chi connectivity index (χ3n) is 4.63. The number of ether oxygens (including phenoxy) is 2. The number of rotatable bonds is 4. The maximum atomic E-state index is 5.94. The Bertz CT molecular complexity index is 733. The summed E-state index contributed by atoms with van der Waals surface area (Å²) >= 11 is 0. The van der Waals surface area contributed by atoms with Gasteiger partial charge in [-0.3, -0.25) is 0 Å². The molecule has 2 aromatic rings. The van der Waals surface area contributed by atoms with Gasteiger partial charge in [-0.25, -0.2) is 0 Å². The van der Waals surface area contributed by atoms with Crippen molar-refractivity contribution in [2.75, 3.05) is 55.4 Å². The van der Waals surface area contributed by atoms with Crippen molar-refractivity contribution in [3.8, 4) is 0 Å². The van der Waals surface area contributed by atoms with E-state index in [0.29, 0.717) is 19.8 Å². The van der Waals surface area contributed by atoms with Crippen molar-refractivity contribution in [2.45, 2.75) is 12.5 Å². The van der Waals surface area contributed by atoms with E-state index in [9.17, 15) is 0 Å². The molecule has 3 N–H and O–H groups in total.